The smallest absolute Gasteiger partial charge is 0.227 e. The van der Waals surface area contributed by atoms with Crippen molar-refractivity contribution in [3.05, 3.63) is 53.2 Å². The number of benzene rings is 1. The van der Waals surface area contributed by atoms with Crippen molar-refractivity contribution in [2.75, 3.05) is 7.11 Å². The van der Waals surface area contributed by atoms with Crippen LogP contribution in [-0.2, 0) is 17.8 Å². The Hall–Kier alpha value is -2.67. The molecule has 124 valence electrons. The van der Waals surface area contributed by atoms with Gasteiger partial charge in [0.1, 0.15) is 5.75 Å². The summed E-state index contributed by atoms with van der Waals surface area (Å²) >= 11 is 1.55. The molecule has 1 N–H and O–H groups in total. The Balaban J connectivity index is 1.47. The number of aromatic nitrogens is 2. The number of nitrogens with zero attached hydrogens (tertiary/aromatic N) is 2. The maximum absolute atomic E-state index is 11.9. The third-order valence-electron chi connectivity index (χ3n) is 3.40. The number of carbonyl (C=O) groups is 1. The molecule has 0 saturated heterocycles. The van der Waals surface area contributed by atoms with E-state index in [1.165, 1.54) is 0 Å². The normalized spacial score (nSPS) is 10.5. The van der Waals surface area contributed by atoms with Gasteiger partial charge in [-0.3, -0.25) is 4.79 Å². The molecule has 0 bridgehead atoms. The van der Waals surface area contributed by atoms with Gasteiger partial charge in [-0.1, -0.05) is 23.4 Å². The summed E-state index contributed by atoms with van der Waals surface area (Å²) < 4.78 is 10.3. The second-order valence-electron chi connectivity index (χ2n) is 5.12. The number of rotatable bonds is 7. The molecule has 0 spiro atoms. The Labute approximate surface area is 143 Å². The lowest BCUT2D eigenvalue weighted by molar-refractivity contribution is -0.121. The van der Waals surface area contributed by atoms with E-state index in [1.807, 2.05) is 41.8 Å². The van der Waals surface area contributed by atoms with Crippen LogP contribution in [0, 0.1) is 0 Å². The fraction of sp³-hybridized carbons (Fsp3) is 0.235. The summed E-state index contributed by atoms with van der Waals surface area (Å²) in [6.45, 7) is 0.459. The van der Waals surface area contributed by atoms with Crippen LogP contribution in [0.25, 0.3) is 10.7 Å². The maximum Gasteiger partial charge on any atom is 0.227 e. The van der Waals surface area contributed by atoms with Gasteiger partial charge in [0.25, 0.3) is 0 Å². The van der Waals surface area contributed by atoms with Crippen molar-refractivity contribution in [3.63, 3.8) is 0 Å². The number of ether oxygens (including phenoxy) is 1. The van der Waals surface area contributed by atoms with Crippen LogP contribution in [-0.4, -0.2) is 23.2 Å². The molecule has 0 fully saturated rings. The highest BCUT2D eigenvalue weighted by atomic mass is 32.1. The van der Waals surface area contributed by atoms with Crippen molar-refractivity contribution in [2.45, 2.75) is 19.4 Å². The molecule has 7 heteroatoms. The van der Waals surface area contributed by atoms with Gasteiger partial charge >= 0.3 is 0 Å². The summed E-state index contributed by atoms with van der Waals surface area (Å²) in [4.78, 5) is 17.2. The number of carbonyl (C=O) groups excluding carboxylic acids is 1. The molecule has 0 aliphatic heterocycles. The first-order valence-corrected chi connectivity index (χ1v) is 8.38. The lowest BCUT2D eigenvalue weighted by Crippen LogP contribution is -2.23. The summed E-state index contributed by atoms with van der Waals surface area (Å²) in [7, 11) is 1.62. The average molecular weight is 343 g/mol. The minimum atomic E-state index is -0.0614. The average Bonchev–Trinajstić information content (AvgIpc) is 3.29. The van der Waals surface area contributed by atoms with Gasteiger partial charge in [0, 0.05) is 19.4 Å². The third-order valence-corrected chi connectivity index (χ3v) is 4.27. The highest BCUT2D eigenvalue weighted by molar-refractivity contribution is 7.13. The molecule has 1 amide bonds. The molecule has 0 saturated carbocycles. The Morgan fingerprint density at radius 2 is 2.25 bits per heavy atom. The molecule has 0 atom stereocenters. The van der Waals surface area contributed by atoms with Crippen molar-refractivity contribution in [1.82, 2.24) is 15.5 Å². The van der Waals surface area contributed by atoms with Crippen LogP contribution in [0.2, 0.25) is 0 Å². The van der Waals surface area contributed by atoms with Crippen molar-refractivity contribution in [2.24, 2.45) is 0 Å². The molecule has 1 aromatic carbocycles. The van der Waals surface area contributed by atoms with Gasteiger partial charge in [-0.25, -0.2) is 0 Å². The highest BCUT2D eigenvalue weighted by Crippen LogP contribution is 2.21. The fourth-order valence-corrected chi connectivity index (χ4v) is 2.80. The minimum Gasteiger partial charge on any atom is -0.497 e. The topological polar surface area (TPSA) is 77.2 Å². The predicted octanol–water partition coefficient (Wildman–Crippen LogP) is 3.06. The molecular weight excluding hydrogens is 326 g/mol. The Morgan fingerprint density at radius 1 is 1.33 bits per heavy atom. The Morgan fingerprint density at radius 3 is 3.04 bits per heavy atom. The number of hydrogen-bond acceptors (Lipinski definition) is 6. The van der Waals surface area contributed by atoms with E-state index >= 15 is 0 Å². The number of thiophene rings is 1. The van der Waals surface area contributed by atoms with E-state index in [4.69, 9.17) is 9.26 Å². The standard InChI is InChI=1S/C17H17N3O3S/c1-22-13-5-2-4-12(10-13)11-18-15(21)7-8-16-19-17(20-23-16)14-6-3-9-24-14/h2-6,9-10H,7-8,11H2,1H3,(H,18,21). The fourth-order valence-electron chi connectivity index (χ4n) is 2.15. The molecular formula is C17H17N3O3S. The molecule has 0 radical (unpaired) electrons. The zero-order valence-electron chi connectivity index (χ0n) is 13.2. The molecule has 2 heterocycles. The monoisotopic (exact) mass is 343 g/mol. The first-order chi connectivity index (χ1) is 11.7. The van der Waals surface area contributed by atoms with Gasteiger partial charge in [0.2, 0.25) is 17.6 Å². The van der Waals surface area contributed by atoms with Gasteiger partial charge in [0.05, 0.1) is 12.0 Å². The maximum atomic E-state index is 11.9. The summed E-state index contributed by atoms with van der Waals surface area (Å²) in [5.41, 5.74) is 0.987. The second kappa shape index (κ2) is 7.74. The van der Waals surface area contributed by atoms with Crippen LogP contribution < -0.4 is 10.1 Å². The summed E-state index contributed by atoms with van der Waals surface area (Å²) in [6, 6.07) is 11.5. The zero-order chi connectivity index (χ0) is 16.8. The quantitative estimate of drug-likeness (QED) is 0.713. The van der Waals surface area contributed by atoms with E-state index in [2.05, 4.69) is 15.5 Å². The molecule has 3 aromatic rings. The molecule has 0 aliphatic rings. The van der Waals surface area contributed by atoms with E-state index in [9.17, 15) is 4.79 Å². The van der Waals surface area contributed by atoms with E-state index in [-0.39, 0.29) is 5.91 Å². The van der Waals surface area contributed by atoms with Gasteiger partial charge in [-0.15, -0.1) is 11.3 Å². The molecule has 0 unspecified atom stereocenters. The largest absolute Gasteiger partial charge is 0.497 e. The minimum absolute atomic E-state index is 0.0614. The van der Waals surface area contributed by atoms with Crippen molar-refractivity contribution < 1.29 is 14.1 Å². The van der Waals surface area contributed by atoms with Crippen LogP contribution in [0.4, 0.5) is 0 Å². The molecule has 0 aliphatic carbocycles. The summed E-state index contributed by atoms with van der Waals surface area (Å²) in [6.07, 6.45) is 0.721. The van der Waals surface area contributed by atoms with E-state index in [1.54, 1.807) is 18.4 Å². The molecule has 3 rings (SSSR count). The number of amides is 1. The van der Waals surface area contributed by atoms with E-state index in [0.717, 1.165) is 16.2 Å². The highest BCUT2D eigenvalue weighted by Gasteiger charge is 2.11. The van der Waals surface area contributed by atoms with Crippen LogP contribution in [0.1, 0.15) is 17.9 Å². The second-order valence-corrected chi connectivity index (χ2v) is 6.06. The third kappa shape index (κ3) is 4.20. The number of nitrogens with one attached hydrogen (secondary N) is 1. The number of aryl methyl sites for hydroxylation is 1. The van der Waals surface area contributed by atoms with Gasteiger partial charge in [0.15, 0.2) is 0 Å². The SMILES string of the molecule is COc1cccc(CNC(=O)CCc2nc(-c3cccs3)no2)c1. The first-order valence-electron chi connectivity index (χ1n) is 7.50. The number of hydrogen-bond donors (Lipinski definition) is 1. The van der Waals surface area contributed by atoms with Gasteiger partial charge in [-0.05, 0) is 29.1 Å². The Kier molecular flexibility index (Phi) is 5.22. The van der Waals surface area contributed by atoms with Crippen molar-refractivity contribution >= 4 is 17.2 Å². The lowest BCUT2D eigenvalue weighted by atomic mass is 10.2. The van der Waals surface area contributed by atoms with Gasteiger partial charge in [-0.2, -0.15) is 4.98 Å². The van der Waals surface area contributed by atoms with Crippen LogP contribution in [0.15, 0.2) is 46.3 Å². The van der Waals surface area contributed by atoms with Crippen LogP contribution in [0.3, 0.4) is 0 Å². The zero-order valence-corrected chi connectivity index (χ0v) is 14.0. The molecule has 24 heavy (non-hydrogen) atoms. The molecule has 2 aromatic heterocycles. The van der Waals surface area contributed by atoms with Crippen LogP contribution >= 0.6 is 11.3 Å². The van der Waals surface area contributed by atoms with Crippen molar-refractivity contribution in [1.29, 1.82) is 0 Å². The van der Waals surface area contributed by atoms with Crippen LogP contribution in [0.5, 0.6) is 5.75 Å². The van der Waals surface area contributed by atoms with E-state index in [0.29, 0.717) is 31.1 Å². The predicted molar refractivity (Wildman–Crippen MR) is 90.8 cm³/mol. The summed E-state index contributed by atoms with van der Waals surface area (Å²) in [5.74, 6) is 1.74. The molecule has 6 nitrogen and oxygen atoms in total. The Bertz CT molecular complexity index is 799. The van der Waals surface area contributed by atoms with Gasteiger partial charge < -0.3 is 14.6 Å². The summed E-state index contributed by atoms with van der Waals surface area (Å²) in [5, 5.41) is 8.76. The lowest BCUT2D eigenvalue weighted by Gasteiger charge is -2.06. The van der Waals surface area contributed by atoms with Crippen molar-refractivity contribution in [3.8, 4) is 16.5 Å². The number of methoxy groups -OCH3 is 1. The first kappa shape index (κ1) is 16.2. The van der Waals surface area contributed by atoms with E-state index < -0.39 is 0 Å².